The summed E-state index contributed by atoms with van der Waals surface area (Å²) < 4.78 is 0. The molecule has 1 aromatic heterocycles. The van der Waals surface area contributed by atoms with Gasteiger partial charge in [0.1, 0.15) is 11.6 Å². The first-order chi connectivity index (χ1) is 6.97. The van der Waals surface area contributed by atoms with Gasteiger partial charge in [0, 0.05) is 12.0 Å². The molecular formula is C10H18N4S. The number of nitrogens with one attached hydrogen (secondary N) is 1. The van der Waals surface area contributed by atoms with Crippen LogP contribution in [0.15, 0.2) is 0 Å². The molecule has 15 heavy (non-hydrogen) atoms. The van der Waals surface area contributed by atoms with Gasteiger partial charge in [-0.1, -0.05) is 20.8 Å². The summed E-state index contributed by atoms with van der Waals surface area (Å²) in [5.41, 5.74) is -0.0647. The Morgan fingerprint density at radius 2 is 1.87 bits per heavy atom. The minimum atomic E-state index is -0.0647. The van der Waals surface area contributed by atoms with Gasteiger partial charge >= 0.3 is 0 Å². The van der Waals surface area contributed by atoms with Gasteiger partial charge in [0.05, 0.1) is 5.75 Å². The van der Waals surface area contributed by atoms with Crippen molar-refractivity contribution in [3.8, 4) is 0 Å². The number of hydrogen-bond acceptors (Lipinski definition) is 5. The van der Waals surface area contributed by atoms with Gasteiger partial charge in [0.2, 0.25) is 5.95 Å². The van der Waals surface area contributed by atoms with Crippen molar-refractivity contribution in [2.24, 2.45) is 0 Å². The van der Waals surface area contributed by atoms with Gasteiger partial charge in [-0.15, -0.1) is 0 Å². The number of rotatable bonds is 3. The second-order valence-electron chi connectivity index (χ2n) is 4.34. The Labute approximate surface area is 96.3 Å². The van der Waals surface area contributed by atoms with E-state index in [1.807, 2.05) is 6.92 Å². The van der Waals surface area contributed by atoms with Crippen LogP contribution in [0.4, 0.5) is 5.95 Å². The Balaban J connectivity index is 3.11. The molecule has 1 rings (SSSR count). The second kappa shape index (κ2) is 4.79. The van der Waals surface area contributed by atoms with E-state index in [-0.39, 0.29) is 5.41 Å². The fourth-order valence-corrected chi connectivity index (χ4v) is 1.20. The van der Waals surface area contributed by atoms with Crippen LogP contribution < -0.4 is 5.32 Å². The van der Waals surface area contributed by atoms with Crippen molar-refractivity contribution in [2.75, 3.05) is 11.9 Å². The predicted molar refractivity (Wildman–Crippen MR) is 65.4 cm³/mol. The van der Waals surface area contributed by atoms with Crippen molar-refractivity contribution < 1.29 is 0 Å². The molecule has 0 aromatic carbocycles. The van der Waals surface area contributed by atoms with Crippen LogP contribution in [0.2, 0.25) is 0 Å². The van der Waals surface area contributed by atoms with Crippen LogP contribution in [-0.2, 0) is 11.2 Å². The summed E-state index contributed by atoms with van der Waals surface area (Å²) in [5.74, 6) is 2.69. The number of nitrogens with zero attached hydrogens (tertiary/aromatic N) is 3. The topological polar surface area (TPSA) is 50.7 Å². The summed E-state index contributed by atoms with van der Waals surface area (Å²) in [7, 11) is 0. The molecule has 0 spiro atoms. The van der Waals surface area contributed by atoms with Crippen molar-refractivity contribution in [3.63, 3.8) is 0 Å². The molecule has 0 bridgehead atoms. The molecule has 1 N–H and O–H groups in total. The molecule has 1 aromatic rings. The molecule has 1 heterocycles. The molecule has 0 aliphatic carbocycles. The molecule has 0 amide bonds. The van der Waals surface area contributed by atoms with Gasteiger partial charge < -0.3 is 5.32 Å². The number of thiol groups is 1. The molecule has 0 fully saturated rings. The molecule has 0 saturated carbocycles. The third-order valence-electron chi connectivity index (χ3n) is 1.83. The highest BCUT2D eigenvalue weighted by Gasteiger charge is 2.19. The first kappa shape index (κ1) is 12.2. The highest BCUT2D eigenvalue weighted by atomic mass is 32.1. The largest absolute Gasteiger partial charge is 0.354 e. The fraction of sp³-hybridized carbons (Fsp3) is 0.700. The normalized spacial score (nSPS) is 11.5. The zero-order valence-corrected chi connectivity index (χ0v) is 10.6. The monoisotopic (exact) mass is 226 g/mol. The Hall–Kier alpha value is -0.840. The van der Waals surface area contributed by atoms with Gasteiger partial charge in [0.25, 0.3) is 0 Å². The SMILES string of the molecule is CCNc1nc(CS)nc(C(C)(C)C)n1. The molecule has 0 aliphatic heterocycles. The minimum Gasteiger partial charge on any atom is -0.354 e. The number of anilines is 1. The first-order valence-electron chi connectivity index (χ1n) is 5.07. The van der Waals surface area contributed by atoms with E-state index in [0.717, 1.165) is 12.4 Å². The zero-order chi connectivity index (χ0) is 11.5. The van der Waals surface area contributed by atoms with Crippen LogP contribution in [0, 0.1) is 0 Å². The lowest BCUT2D eigenvalue weighted by molar-refractivity contribution is 0.539. The smallest absolute Gasteiger partial charge is 0.226 e. The average molecular weight is 226 g/mol. The summed E-state index contributed by atoms with van der Waals surface area (Å²) in [5, 5.41) is 3.10. The maximum absolute atomic E-state index is 4.38. The van der Waals surface area contributed by atoms with E-state index in [2.05, 4.69) is 53.7 Å². The van der Waals surface area contributed by atoms with Gasteiger partial charge in [-0.3, -0.25) is 0 Å². The van der Waals surface area contributed by atoms with Gasteiger partial charge in [-0.25, -0.2) is 4.98 Å². The van der Waals surface area contributed by atoms with Crippen molar-refractivity contribution in [1.82, 2.24) is 15.0 Å². The van der Waals surface area contributed by atoms with E-state index >= 15 is 0 Å². The number of aromatic nitrogens is 3. The molecule has 0 atom stereocenters. The molecule has 5 heteroatoms. The fourth-order valence-electron chi connectivity index (χ4n) is 1.06. The van der Waals surface area contributed by atoms with E-state index in [9.17, 15) is 0 Å². The Morgan fingerprint density at radius 1 is 1.20 bits per heavy atom. The minimum absolute atomic E-state index is 0.0647. The van der Waals surface area contributed by atoms with Gasteiger partial charge in [0.15, 0.2) is 0 Å². The lowest BCUT2D eigenvalue weighted by Crippen LogP contribution is -2.19. The van der Waals surface area contributed by atoms with Crippen LogP contribution in [0.1, 0.15) is 39.3 Å². The average Bonchev–Trinajstić information content (AvgIpc) is 2.16. The standard InChI is InChI=1S/C10H18N4S/c1-5-11-9-13-7(6-15)12-8(14-9)10(2,3)4/h15H,5-6H2,1-4H3,(H,11,12,13,14). The summed E-state index contributed by atoms with van der Waals surface area (Å²) >= 11 is 4.19. The maximum Gasteiger partial charge on any atom is 0.226 e. The molecule has 0 saturated heterocycles. The van der Waals surface area contributed by atoms with E-state index in [4.69, 9.17) is 0 Å². The van der Waals surface area contributed by atoms with Crippen LogP contribution in [0.3, 0.4) is 0 Å². The Bertz CT molecular complexity index is 333. The second-order valence-corrected chi connectivity index (χ2v) is 4.65. The van der Waals surface area contributed by atoms with Crippen molar-refractivity contribution in [3.05, 3.63) is 11.6 Å². The zero-order valence-electron chi connectivity index (χ0n) is 9.70. The van der Waals surface area contributed by atoms with Crippen molar-refractivity contribution in [1.29, 1.82) is 0 Å². The van der Waals surface area contributed by atoms with E-state index in [1.54, 1.807) is 0 Å². The van der Waals surface area contributed by atoms with Crippen LogP contribution in [0.25, 0.3) is 0 Å². The summed E-state index contributed by atoms with van der Waals surface area (Å²) in [6, 6.07) is 0. The van der Waals surface area contributed by atoms with Crippen molar-refractivity contribution in [2.45, 2.75) is 38.9 Å². The van der Waals surface area contributed by atoms with E-state index in [0.29, 0.717) is 17.5 Å². The molecule has 0 unspecified atom stereocenters. The number of hydrogen-bond donors (Lipinski definition) is 2. The Kier molecular flexibility index (Phi) is 3.90. The molecule has 0 radical (unpaired) electrons. The first-order valence-corrected chi connectivity index (χ1v) is 5.70. The highest BCUT2D eigenvalue weighted by Crippen LogP contribution is 2.19. The van der Waals surface area contributed by atoms with Crippen LogP contribution >= 0.6 is 12.6 Å². The third kappa shape index (κ3) is 3.34. The van der Waals surface area contributed by atoms with Crippen molar-refractivity contribution >= 4 is 18.6 Å². The van der Waals surface area contributed by atoms with Gasteiger partial charge in [-0.2, -0.15) is 22.6 Å². The third-order valence-corrected chi connectivity index (χ3v) is 2.11. The highest BCUT2D eigenvalue weighted by molar-refractivity contribution is 7.79. The van der Waals surface area contributed by atoms with Crippen LogP contribution in [-0.4, -0.2) is 21.5 Å². The molecule has 4 nitrogen and oxygen atoms in total. The quantitative estimate of drug-likeness (QED) is 0.774. The molecular weight excluding hydrogens is 208 g/mol. The summed E-state index contributed by atoms with van der Waals surface area (Å²) in [4.78, 5) is 13.0. The predicted octanol–water partition coefficient (Wildman–Crippen LogP) is 2.03. The van der Waals surface area contributed by atoms with Crippen LogP contribution in [0.5, 0.6) is 0 Å². The molecule has 0 aliphatic rings. The molecule has 84 valence electrons. The van der Waals surface area contributed by atoms with Gasteiger partial charge in [-0.05, 0) is 6.92 Å². The Morgan fingerprint density at radius 3 is 2.33 bits per heavy atom. The maximum atomic E-state index is 4.38. The lowest BCUT2D eigenvalue weighted by Gasteiger charge is -2.17. The summed E-state index contributed by atoms with van der Waals surface area (Å²) in [6.07, 6.45) is 0. The summed E-state index contributed by atoms with van der Waals surface area (Å²) in [6.45, 7) is 9.07. The van der Waals surface area contributed by atoms with E-state index in [1.165, 1.54) is 0 Å². The lowest BCUT2D eigenvalue weighted by atomic mass is 9.96. The van der Waals surface area contributed by atoms with E-state index < -0.39 is 0 Å².